The zero-order valence-corrected chi connectivity index (χ0v) is 8.01. The molecule has 0 aliphatic carbocycles. The second-order valence-electron chi connectivity index (χ2n) is 3.00. The summed E-state index contributed by atoms with van der Waals surface area (Å²) in [7, 11) is 0. The molecule has 1 aromatic heterocycles. The summed E-state index contributed by atoms with van der Waals surface area (Å²) in [6, 6.07) is 6.09. The van der Waals surface area contributed by atoms with Gasteiger partial charge in [-0.3, -0.25) is 4.79 Å². The Morgan fingerprint density at radius 1 is 1.40 bits per heavy atom. The van der Waals surface area contributed by atoms with Crippen molar-refractivity contribution in [1.29, 1.82) is 0 Å². The third-order valence-corrected chi connectivity index (χ3v) is 1.94. The highest BCUT2D eigenvalue weighted by molar-refractivity contribution is 5.90. The van der Waals surface area contributed by atoms with Crippen LogP contribution in [0.3, 0.4) is 0 Å². The predicted molar refractivity (Wildman–Crippen MR) is 51.3 cm³/mol. The number of nitrogens with zero attached hydrogens (tertiary/aromatic N) is 3. The summed E-state index contributed by atoms with van der Waals surface area (Å²) in [6.07, 6.45) is 1.23. The Morgan fingerprint density at radius 3 is 2.80 bits per heavy atom. The molecule has 76 valence electrons. The molecule has 1 heterocycles. The predicted octanol–water partition coefficient (Wildman–Crippen LogP) is 1.61. The Morgan fingerprint density at radius 2 is 2.13 bits per heavy atom. The number of halogens is 1. The molecule has 0 spiro atoms. The number of para-hydroxylation sites is 1. The summed E-state index contributed by atoms with van der Waals surface area (Å²) in [5.74, 6) is -0.568. The second kappa shape index (κ2) is 3.61. The van der Waals surface area contributed by atoms with E-state index in [4.69, 9.17) is 0 Å². The molecule has 5 heteroatoms. The molecule has 15 heavy (non-hydrogen) atoms. The zero-order chi connectivity index (χ0) is 10.8. The van der Waals surface area contributed by atoms with Crippen LogP contribution in [-0.4, -0.2) is 20.5 Å². The molecule has 0 fully saturated rings. The molecule has 0 aliphatic rings. The molecule has 2 rings (SSSR count). The van der Waals surface area contributed by atoms with Crippen LogP contribution >= 0.6 is 0 Å². The summed E-state index contributed by atoms with van der Waals surface area (Å²) in [5.41, 5.74) is 0.222. The van der Waals surface area contributed by atoms with Crippen LogP contribution in [0.2, 0.25) is 0 Å². The fourth-order valence-corrected chi connectivity index (χ4v) is 1.28. The van der Waals surface area contributed by atoms with Gasteiger partial charge in [-0.15, -0.1) is 0 Å². The average molecular weight is 205 g/mol. The van der Waals surface area contributed by atoms with Crippen LogP contribution in [0.25, 0.3) is 5.69 Å². The van der Waals surface area contributed by atoms with E-state index in [9.17, 15) is 9.18 Å². The minimum Gasteiger partial charge on any atom is -0.291 e. The molecule has 0 unspecified atom stereocenters. The van der Waals surface area contributed by atoms with Crippen LogP contribution in [0.15, 0.2) is 30.6 Å². The van der Waals surface area contributed by atoms with E-state index in [-0.39, 0.29) is 17.3 Å². The van der Waals surface area contributed by atoms with E-state index in [2.05, 4.69) is 10.1 Å². The number of aromatic nitrogens is 3. The van der Waals surface area contributed by atoms with E-state index < -0.39 is 5.82 Å². The highest BCUT2D eigenvalue weighted by atomic mass is 19.1. The lowest BCUT2D eigenvalue weighted by molar-refractivity contribution is 0.100. The Kier molecular flexibility index (Phi) is 2.29. The van der Waals surface area contributed by atoms with Crippen LogP contribution in [-0.2, 0) is 0 Å². The van der Waals surface area contributed by atoms with Crippen LogP contribution < -0.4 is 0 Å². The Bertz CT molecular complexity index is 507. The number of carbonyl (C=O) groups excluding carboxylic acids is 1. The zero-order valence-electron chi connectivity index (χ0n) is 8.01. The summed E-state index contributed by atoms with van der Waals surface area (Å²) < 4.78 is 14.6. The molecule has 0 radical (unpaired) electrons. The topological polar surface area (TPSA) is 47.8 Å². The van der Waals surface area contributed by atoms with Crippen LogP contribution in [0.1, 0.15) is 17.5 Å². The summed E-state index contributed by atoms with van der Waals surface area (Å²) in [4.78, 5) is 14.9. The molecule has 1 aromatic carbocycles. The van der Waals surface area contributed by atoms with Gasteiger partial charge in [0.2, 0.25) is 0 Å². The fraction of sp³-hybridized carbons (Fsp3) is 0.100. The van der Waals surface area contributed by atoms with Gasteiger partial charge in [0.15, 0.2) is 11.6 Å². The van der Waals surface area contributed by atoms with Crippen molar-refractivity contribution in [3.05, 3.63) is 42.2 Å². The molecule has 0 N–H and O–H groups in total. The van der Waals surface area contributed by atoms with E-state index in [1.165, 1.54) is 30.1 Å². The van der Waals surface area contributed by atoms with Gasteiger partial charge < -0.3 is 0 Å². The second-order valence-corrected chi connectivity index (χ2v) is 3.00. The van der Waals surface area contributed by atoms with Crippen molar-refractivity contribution in [2.24, 2.45) is 0 Å². The van der Waals surface area contributed by atoms with E-state index in [0.717, 1.165) is 0 Å². The lowest BCUT2D eigenvalue weighted by atomic mass is 10.3. The van der Waals surface area contributed by atoms with Crippen molar-refractivity contribution in [3.63, 3.8) is 0 Å². The number of hydrogen-bond acceptors (Lipinski definition) is 3. The summed E-state index contributed by atoms with van der Waals surface area (Å²) in [6.45, 7) is 1.36. The first kappa shape index (κ1) is 9.51. The largest absolute Gasteiger partial charge is 0.291 e. The van der Waals surface area contributed by atoms with Crippen molar-refractivity contribution < 1.29 is 9.18 Å². The summed E-state index contributed by atoms with van der Waals surface area (Å²) >= 11 is 0. The van der Waals surface area contributed by atoms with Crippen LogP contribution in [0, 0.1) is 5.82 Å². The normalized spacial score (nSPS) is 10.3. The Balaban J connectivity index is 2.59. The fourth-order valence-electron chi connectivity index (χ4n) is 1.28. The summed E-state index contributed by atoms with van der Waals surface area (Å²) in [5, 5.41) is 3.81. The van der Waals surface area contributed by atoms with Crippen LogP contribution in [0.4, 0.5) is 4.39 Å². The van der Waals surface area contributed by atoms with Crippen molar-refractivity contribution in [2.75, 3.05) is 0 Å². The highest BCUT2D eigenvalue weighted by Crippen LogP contribution is 2.12. The van der Waals surface area contributed by atoms with E-state index in [1.807, 2.05) is 0 Å². The number of ketones is 1. The molecular weight excluding hydrogens is 197 g/mol. The molecule has 0 saturated heterocycles. The maximum Gasteiger partial charge on any atom is 0.199 e. The van der Waals surface area contributed by atoms with Crippen LogP contribution in [0.5, 0.6) is 0 Å². The maximum atomic E-state index is 13.4. The third-order valence-electron chi connectivity index (χ3n) is 1.94. The number of Topliss-reactive ketones (excluding diaryl/α,β-unsaturated/α-hetero) is 1. The monoisotopic (exact) mass is 205 g/mol. The van der Waals surface area contributed by atoms with E-state index in [1.54, 1.807) is 12.1 Å². The van der Waals surface area contributed by atoms with Gasteiger partial charge in [0.05, 0.1) is 0 Å². The molecule has 0 aliphatic heterocycles. The SMILES string of the molecule is CC(=O)c1ncnn1-c1ccccc1F. The van der Waals surface area contributed by atoms with Gasteiger partial charge in [-0.1, -0.05) is 12.1 Å². The smallest absolute Gasteiger partial charge is 0.199 e. The maximum absolute atomic E-state index is 13.4. The molecular formula is C10H8FN3O. The molecule has 2 aromatic rings. The van der Waals surface area contributed by atoms with E-state index >= 15 is 0 Å². The quantitative estimate of drug-likeness (QED) is 0.700. The lowest BCUT2D eigenvalue weighted by Crippen LogP contribution is -2.08. The molecule has 4 nitrogen and oxygen atoms in total. The third kappa shape index (κ3) is 1.63. The first-order valence-electron chi connectivity index (χ1n) is 4.36. The number of carbonyl (C=O) groups is 1. The number of benzene rings is 1. The van der Waals surface area contributed by atoms with Gasteiger partial charge >= 0.3 is 0 Å². The molecule has 0 saturated carbocycles. The minimum absolute atomic E-state index is 0.125. The minimum atomic E-state index is -0.439. The van der Waals surface area contributed by atoms with Crippen molar-refractivity contribution in [2.45, 2.75) is 6.92 Å². The van der Waals surface area contributed by atoms with Gasteiger partial charge in [0, 0.05) is 6.92 Å². The Labute approximate surface area is 85.4 Å². The van der Waals surface area contributed by atoms with Gasteiger partial charge in [0.25, 0.3) is 0 Å². The molecule has 0 bridgehead atoms. The van der Waals surface area contributed by atoms with Crippen molar-refractivity contribution >= 4 is 5.78 Å². The molecule has 0 atom stereocenters. The van der Waals surface area contributed by atoms with Gasteiger partial charge in [-0.2, -0.15) is 5.10 Å². The molecule has 0 amide bonds. The standard InChI is InChI=1S/C10H8FN3O/c1-7(15)10-12-6-13-14(10)9-5-3-2-4-8(9)11/h2-6H,1H3. The van der Waals surface area contributed by atoms with Gasteiger partial charge in [0.1, 0.15) is 17.8 Å². The lowest BCUT2D eigenvalue weighted by Gasteiger charge is -2.03. The first-order chi connectivity index (χ1) is 7.20. The first-order valence-corrected chi connectivity index (χ1v) is 4.36. The van der Waals surface area contributed by atoms with Crippen molar-refractivity contribution in [3.8, 4) is 5.69 Å². The highest BCUT2D eigenvalue weighted by Gasteiger charge is 2.13. The van der Waals surface area contributed by atoms with E-state index in [0.29, 0.717) is 0 Å². The number of hydrogen-bond donors (Lipinski definition) is 0. The Hall–Kier alpha value is -2.04. The number of rotatable bonds is 2. The van der Waals surface area contributed by atoms with Gasteiger partial charge in [-0.05, 0) is 12.1 Å². The average Bonchev–Trinajstić information content (AvgIpc) is 2.67. The van der Waals surface area contributed by atoms with Gasteiger partial charge in [-0.25, -0.2) is 14.1 Å². The van der Waals surface area contributed by atoms with Crippen molar-refractivity contribution in [1.82, 2.24) is 14.8 Å².